The molecule has 0 aromatic carbocycles. The van der Waals surface area contributed by atoms with Crippen LogP contribution < -0.4 is 0 Å². The summed E-state index contributed by atoms with van der Waals surface area (Å²) >= 11 is 0. The van der Waals surface area contributed by atoms with Gasteiger partial charge in [-0.15, -0.1) is 0 Å². The lowest BCUT2D eigenvalue weighted by molar-refractivity contribution is -0.104. The Morgan fingerprint density at radius 3 is 2.40 bits per heavy atom. The minimum atomic E-state index is -0.240. The van der Waals surface area contributed by atoms with Crippen LogP contribution in [0.25, 0.3) is 0 Å². The normalized spacial score (nSPS) is 11.1. The van der Waals surface area contributed by atoms with Crippen LogP contribution in [0.2, 0.25) is 0 Å². The van der Waals surface area contributed by atoms with Crippen molar-refractivity contribution < 1.29 is 14.3 Å². The number of rotatable bonds is 5. The van der Waals surface area contributed by atoms with Gasteiger partial charge in [0.15, 0.2) is 6.29 Å². The third-order valence-electron chi connectivity index (χ3n) is 1.07. The minimum Gasteiger partial charge on any atom is -0.356 e. The predicted molar refractivity (Wildman–Crippen MR) is 37.6 cm³/mol. The van der Waals surface area contributed by atoms with Gasteiger partial charge in [0.25, 0.3) is 0 Å². The van der Waals surface area contributed by atoms with E-state index in [4.69, 9.17) is 9.47 Å². The summed E-state index contributed by atoms with van der Waals surface area (Å²) in [4.78, 5) is 9.79. The van der Waals surface area contributed by atoms with E-state index in [-0.39, 0.29) is 6.29 Å². The Bertz CT molecular complexity index is 105. The van der Waals surface area contributed by atoms with Crippen LogP contribution in [-0.2, 0) is 14.3 Å². The van der Waals surface area contributed by atoms with Gasteiger partial charge >= 0.3 is 0 Å². The molecule has 0 amide bonds. The fraction of sp³-hybridized carbons (Fsp3) is 0.571. The second kappa shape index (κ2) is 6.45. The summed E-state index contributed by atoms with van der Waals surface area (Å²) in [5.74, 6) is 0. The van der Waals surface area contributed by atoms with Crippen molar-refractivity contribution >= 4 is 6.29 Å². The van der Waals surface area contributed by atoms with E-state index >= 15 is 0 Å². The predicted octanol–water partition coefficient (Wildman–Crippen LogP) is 0.750. The molecule has 0 aromatic heterocycles. The topological polar surface area (TPSA) is 35.5 Å². The molecule has 3 heteroatoms. The molecule has 0 aliphatic heterocycles. The molecule has 0 saturated carbocycles. The fourth-order valence-electron chi connectivity index (χ4n) is 0.534. The highest BCUT2D eigenvalue weighted by atomic mass is 16.7. The van der Waals surface area contributed by atoms with Crippen molar-refractivity contribution in [2.75, 3.05) is 14.2 Å². The summed E-state index contributed by atoms with van der Waals surface area (Å²) in [6.07, 6.45) is 4.21. The zero-order valence-corrected chi connectivity index (χ0v) is 6.24. The summed E-state index contributed by atoms with van der Waals surface area (Å²) in [5.41, 5.74) is 0. The summed E-state index contributed by atoms with van der Waals surface area (Å²) in [6, 6.07) is 0. The molecule has 0 aliphatic carbocycles. The van der Waals surface area contributed by atoms with Crippen LogP contribution >= 0.6 is 0 Å². The molecule has 0 N–H and O–H groups in total. The van der Waals surface area contributed by atoms with E-state index in [1.807, 2.05) is 0 Å². The molecule has 0 atom stereocenters. The van der Waals surface area contributed by atoms with Crippen molar-refractivity contribution in [1.82, 2.24) is 0 Å². The van der Waals surface area contributed by atoms with Gasteiger partial charge in [-0.2, -0.15) is 0 Å². The zero-order valence-electron chi connectivity index (χ0n) is 6.24. The molecule has 3 nitrogen and oxygen atoms in total. The molecule has 0 rings (SSSR count). The van der Waals surface area contributed by atoms with Gasteiger partial charge in [0.05, 0.1) is 0 Å². The van der Waals surface area contributed by atoms with Gasteiger partial charge < -0.3 is 9.47 Å². The first-order chi connectivity index (χ1) is 4.85. The van der Waals surface area contributed by atoms with Gasteiger partial charge in [0, 0.05) is 20.6 Å². The van der Waals surface area contributed by atoms with Crippen molar-refractivity contribution in [2.24, 2.45) is 0 Å². The summed E-state index contributed by atoms with van der Waals surface area (Å²) < 4.78 is 9.71. The maximum absolute atomic E-state index is 9.79. The lowest BCUT2D eigenvalue weighted by Crippen LogP contribution is -2.10. The molecule has 0 heterocycles. The number of hydrogen-bond donors (Lipinski definition) is 0. The van der Waals surface area contributed by atoms with Crippen LogP contribution in [0.3, 0.4) is 0 Å². The SMILES string of the molecule is COC(CC=CC=O)OC. The van der Waals surface area contributed by atoms with Crippen molar-refractivity contribution in [3.63, 3.8) is 0 Å². The monoisotopic (exact) mass is 144 g/mol. The first-order valence-corrected chi connectivity index (χ1v) is 3.01. The van der Waals surface area contributed by atoms with Gasteiger partial charge in [0.1, 0.15) is 6.29 Å². The maximum Gasteiger partial charge on any atom is 0.160 e. The number of aldehydes is 1. The number of ether oxygens (including phenoxy) is 2. The number of methoxy groups -OCH3 is 2. The standard InChI is InChI=1S/C7H12O3/c1-9-7(10-2)5-3-4-6-8/h3-4,6-7H,5H2,1-2H3. The largest absolute Gasteiger partial charge is 0.356 e. The molecule has 58 valence electrons. The zero-order chi connectivity index (χ0) is 7.82. The van der Waals surface area contributed by atoms with Crippen LogP contribution in [0.15, 0.2) is 12.2 Å². The van der Waals surface area contributed by atoms with Gasteiger partial charge in [0.2, 0.25) is 0 Å². The molecule has 0 aromatic rings. The highest BCUT2D eigenvalue weighted by molar-refractivity contribution is 5.64. The lowest BCUT2D eigenvalue weighted by Gasteiger charge is -2.09. The van der Waals surface area contributed by atoms with Gasteiger partial charge in [-0.1, -0.05) is 6.08 Å². The minimum absolute atomic E-state index is 0.240. The Kier molecular flexibility index (Phi) is 6.02. The van der Waals surface area contributed by atoms with E-state index in [2.05, 4.69) is 0 Å². The van der Waals surface area contributed by atoms with Crippen molar-refractivity contribution in [2.45, 2.75) is 12.7 Å². The quantitative estimate of drug-likeness (QED) is 0.324. The van der Waals surface area contributed by atoms with E-state index < -0.39 is 0 Å². The Balaban J connectivity index is 3.43. The second-order valence-corrected chi connectivity index (χ2v) is 1.70. The molecule has 0 bridgehead atoms. The number of hydrogen-bond acceptors (Lipinski definition) is 3. The van der Waals surface area contributed by atoms with Gasteiger partial charge in [-0.3, -0.25) is 4.79 Å². The molecular formula is C7H12O3. The van der Waals surface area contributed by atoms with E-state index in [1.54, 1.807) is 20.3 Å². The average Bonchev–Trinajstić information content (AvgIpc) is 1.99. The van der Waals surface area contributed by atoms with E-state index in [9.17, 15) is 4.79 Å². The smallest absolute Gasteiger partial charge is 0.160 e. The van der Waals surface area contributed by atoms with E-state index in [0.717, 1.165) is 6.29 Å². The number of allylic oxidation sites excluding steroid dienone is 1. The van der Waals surface area contributed by atoms with Crippen LogP contribution in [0.5, 0.6) is 0 Å². The van der Waals surface area contributed by atoms with E-state index in [0.29, 0.717) is 6.42 Å². The molecule has 10 heavy (non-hydrogen) atoms. The van der Waals surface area contributed by atoms with Gasteiger partial charge in [-0.25, -0.2) is 0 Å². The maximum atomic E-state index is 9.79. The average molecular weight is 144 g/mol. The molecule has 0 fully saturated rings. The molecule has 0 spiro atoms. The Hall–Kier alpha value is -0.670. The van der Waals surface area contributed by atoms with Crippen LogP contribution in [0, 0.1) is 0 Å². The van der Waals surface area contributed by atoms with Crippen LogP contribution in [-0.4, -0.2) is 26.8 Å². The number of carbonyl (C=O) groups is 1. The fourth-order valence-corrected chi connectivity index (χ4v) is 0.534. The molecular weight excluding hydrogens is 132 g/mol. The Morgan fingerprint density at radius 1 is 1.40 bits per heavy atom. The van der Waals surface area contributed by atoms with Crippen LogP contribution in [0.4, 0.5) is 0 Å². The second-order valence-electron chi connectivity index (χ2n) is 1.70. The first-order valence-electron chi connectivity index (χ1n) is 3.01. The highest BCUT2D eigenvalue weighted by Gasteiger charge is 1.99. The Labute approximate surface area is 60.6 Å². The summed E-state index contributed by atoms with van der Waals surface area (Å²) in [6.45, 7) is 0. The Morgan fingerprint density at radius 2 is 2.00 bits per heavy atom. The first kappa shape index (κ1) is 9.33. The third kappa shape index (κ3) is 4.23. The van der Waals surface area contributed by atoms with Crippen molar-refractivity contribution in [3.8, 4) is 0 Å². The van der Waals surface area contributed by atoms with Crippen molar-refractivity contribution in [1.29, 1.82) is 0 Å². The van der Waals surface area contributed by atoms with E-state index in [1.165, 1.54) is 6.08 Å². The molecule has 0 unspecified atom stereocenters. The van der Waals surface area contributed by atoms with Crippen molar-refractivity contribution in [3.05, 3.63) is 12.2 Å². The molecule has 0 radical (unpaired) electrons. The molecule has 0 aliphatic rings. The summed E-state index contributed by atoms with van der Waals surface area (Å²) in [7, 11) is 3.12. The van der Waals surface area contributed by atoms with Gasteiger partial charge in [-0.05, 0) is 6.08 Å². The number of carbonyl (C=O) groups excluding carboxylic acids is 1. The highest BCUT2D eigenvalue weighted by Crippen LogP contribution is 1.97. The third-order valence-corrected chi connectivity index (χ3v) is 1.07. The molecule has 0 saturated heterocycles. The lowest BCUT2D eigenvalue weighted by atomic mass is 10.4. The van der Waals surface area contributed by atoms with Crippen LogP contribution in [0.1, 0.15) is 6.42 Å². The summed E-state index contributed by atoms with van der Waals surface area (Å²) in [5, 5.41) is 0.